The summed E-state index contributed by atoms with van der Waals surface area (Å²) in [4.78, 5) is 27.3. The van der Waals surface area contributed by atoms with Crippen LogP contribution in [-0.4, -0.2) is 48.1 Å². The van der Waals surface area contributed by atoms with Crippen LogP contribution in [0.15, 0.2) is 54.6 Å². The number of likely N-dealkylation sites (tertiary alicyclic amines) is 1. The predicted octanol–water partition coefficient (Wildman–Crippen LogP) is 4.05. The van der Waals surface area contributed by atoms with Crippen molar-refractivity contribution in [2.24, 2.45) is 0 Å². The number of nitrogens with zero attached hydrogens (tertiary/aromatic N) is 1. The van der Waals surface area contributed by atoms with Crippen LogP contribution >= 0.6 is 0 Å². The van der Waals surface area contributed by atoms with E-state index >= 15 is 0 Å². The number of rotatable bonds is 6. The third-order valence-electron chi connectivity index (χ3n) is 7.34. The van der Waals surface area contributed by atoms with Gasteiger partial charge in [-0.15, -0.1) is 0 Å². The lowest BCUT2D eigenvalue weighted by molar-refractivity contribution is -0.137. The summed E-state index contributed by atoms with van der Waals surface area (Å²) in [7, 11) is 0. The summed E-state index contributed by atoms with van der Waals surface area (Å²) in [6.07, 6.45) is 6.23. The molecule has 2 heterocycles. The molecule has 1 aliphatic carbocycles. The standard InChI is InChI=1S/C27H32N2O4/c30-25(28-21-7-6-8-21)17-20-18-27(33-24-12-5-4-11-23(20)24)13-15-29(16-14-27)26(31)19-32-22-9-2-1-3-10-22/h1-5,9-12,20-21H,6-8,13-19H2,(H,28,30)/t20-/m0/s1. The highest BCUT2D eigenvalue weighted by Crippen LogP contribution is 2.46. The normalized spacial score (nSPS) is 21.5. The number of piperidine rings is 1. The largest absolute Gasteiger partial charge is 0.487 e. The van der Waals surface area contributed by atoms with Crippen LogP contribution in [0.1, 0.15) is 56.4 Å². The summed E-state index contributed by atoms with van der Waals surface area (Å²) in [6, 6.07) is 17.9. The summed E-state index contributed by atoms with van der Waals surface area (Å²) < 4.78 is 12.2. The fourth-order valence-corrected chi connectivity index (χ4v) is 5.21. The van der Waals surface area contributed by atoms with Crippen molar-refractivity contribution < 1.29 is 19.1 Å². The van der Waals surface area contributed by atoms with Crippen molar-refractivity contribution in [3.63, 3.8) is 0 Å². The van der Waals surface area contributed by atoms with Crippen LogP contribution in [0.2, 0.25) is 0 Å². The Hall–Kier alpha value is -3.02. The second-order valence-electron chi connectivity index (χ2n) is 9.61. The van der Waals surface area contributed by atoms with E-state index < -0.39 is 0 Å². The SMILES string of the molecule is O=C(C[C@H]1CC2(CCN(C(=O)COc3ccccc3)CC2)Oc2ccccc21)NC1CCC1. The molecule has 1 spiro atoms. The van der Waals surface area contributed by atoms with Crippen LogP contribution in [0.25, 0.3) is 0 Å². The Bertz CT molecular complexity index is 981. The van der Waals surface area contributed by atoms with E-state index in [-0.39, 0.29) is 29.9 Å². The molecule has 0 bridgehead atoms. The Kier molecular flexibility index (Phi) is 6.25. The maximum Gasteiger partial charge on any atom is 0.260 e. The molecule has 1 atom stereocenters. The molecule has 6 heteroatoms. The molecule has 0 aromatic heterocycles. The van der Waals surface area contributed by atoms with Crippen LogP contribution in [0.4, 0.5) is 0 Å². The molecule has 1 N–H and O–H groups in total. The first kappa shape index (κ1) is 21.8. The maximum atomic E-state index is 12.7. The van der Waals surface area contributed by atoms with Crippen LogP contribution in [-0.2, 0) is 9.59 Å². The Morgan fingerprint density at radius 2 is 1.76 bits per heavy atom. The van der Waals surface area contributed by atoms with Gasteiger partial charge in [-0.3, -0.25) is 9.59 Å². The Morgan fingerprint density at radius 3 is 2.48 bits per heavy atom. The molecule has 2 aromatic rings. The smallest absolute Gasteiger partial charge is 0.260 e. The number of carbonyl (C=O) groups is 2. The van der Waals surface area contributed by atoms with Crippen LogP contribution in [0.5, 0.6) is 11.5 Å². The molecule has 6 nitrogen and oxygen atoms in total. The van der Waals surface area contributed by atoms with E-state index in [1.54, 1.807) is 0 Å². The Labute approximate surface area is 195 Å². The van der Waals surface area contributed by atoms with Gasteiger partial charge in [0.15, 0.2) is 6.61 Å². The maximum absolute atomic E-state index is 12.7. The van der Waals surface area contributed by atoms with Gasteiger partial charge in [-0.1, -0.05) is 36.4 Å². The number of ether oxygens (including phenoxy) is 2. The molecule has 2 aromatic carbocycles. The fraction of sp³-hybridized carbons (Fsp3) is 0.481. The molecule has 3 aliphatic rings. The van der Waals surface area contributed by atoms with E-state index in [0.29, 0.717) is 31.3 Å². The number of hydrogen-bond acceptors (Lipinski definition) is 4. The van der Waals surface area contributed by atoms with Crippen molar-refractivity contribution in [1.82, 2.24) is 10.2 Å². The number of para-hydroxylation sites is 2. The van der Waals surface area contributed by atoms with Gasteiger partial charge in [0.1, 0.15) is 17.1 Å². The molecule has 1 saturated carbocycles. The third-order valence-corrected chi connectivity index (χ3v) is 7.34. The van der Waals surface area contributed by atoms with Gasteiger partial charge in [0.2, 0.25) is 5.91 Å². The third kappa shape index (κ3) is 5.00. The van der Waals surface area contributed by atoms with Gasteiger partial charge < -0.3 is 19.7 Å². The van der Waals surface area contributed by atoms with E-state index in [1.807, 2.05) is 53.4 Å². The van der Waals surface area contributed by atoms with Crippen LogP contribution in [0, 0.1) is 0 Å². The van der Waals surface area contributed by atoms with Crippen molar-refractivity contribution >= 4 is 11.8 Å². The van der Waals surface area contributed by atoms with Gasteiger partial charge in [-0.05, 0) is 49.4 Å². The minimum atomic E-state index is -0.327. The topological polar surface area (TPSA) is 67.9 Å². The van der Waals surface area contributed by atoms with Crippen molar-refractivity contribution in [3.8, 4) is 11.5 Å². The summed E-state index contributed by atoms with van der Waals surface area (Å²) in [5, 5.41) is 3.19. The summed E-state index contributed by atoms with van der Waals surface area (Å²) >= 11 is 0. The fourth-order valence-electron chi connectivity index (χ4n) is 5.21. The second kappa shape index (κ2) is 9.46. The predicted molar refractivity (Wildman–Crippen MR) is 125 cm³/mol. The average molecular weight is 449 g/mol. The summed E-state index contributed by atoms with van der Waals surface area (Å²) in [5.41, 5.74) is 0.800. The molecule has 33 heavy (non-hydrogen) atoms. The first-order valence-electron chi connectivity index (χ1n) is 12.1. The van der Waals surface area contributed by atoms with Crippen molar-refractivity contribution in [2.45, 2.75) is 62.5 Å². The summed E-state index contributed by atoms with van der Waals surface area (Å²) in [6.45, 7) is 1.32. The van der Waals surface area contributed by atoms with E-state index in [0.717, 1.165) is 43.4 Å². The van der Waals surface area contributed by atoms with Gasteiger partial charge in [-0.25, -0.2) is 0 Å². The molecular formula is C27H32N2O4. The zero-order chi connectivity index (χ0) is 22.7. The zero-order valence-electron chi connectivity index (χ0n) is 19.0. The first-order chi connectivity index (χ1) is 16.1. The molecule has 1 saturated heterocycles. The number of fused-ring (bicyclic) bond motifs is 1. The lowest BCUT2D eigenvalue weighted by Crippen LogP contribution is -2.52. The lowest BCUT2D eigenvalue weighted by Gasteiger charge is -2.47. The summed E-state index contributed by atoms with van der Waals surface area (Å²) in [5.74, 6) is 1.87. The van der Waals surface area contributed by atoms with E-state index in [1.165, 1.54) is 6.42 Å². The van der Waals surface area contributed by atoms with E-state index in [4.69, 9.17) is 9.47 Å². The Balaban J connectivity index is 1.21. The minimum absolute atomic E-state index is 0.00124. The van der Waals surface area contributed by atoms with Gasteiger partial charge in [0, 0.05) is 44.3 Å². The highest BCUT2D eigenvalue weighted by molar-refractivity contribution is 5.78. The van der Waals surface area contributed by atoms with Crippen molar-refractivity contribution in [3.05, 3.63) is 60.2 Å². The van der Waals surface area contributed by atoms with Gasteiger partial charge >= 0.3 is 0 Å². The first-order valence-corrected chi connectivity index (χ1v) is 12.1. The monoisotopic (exact) mass is 448 g/mol. The second-order valence-corrected chi connectivity index (χ2v) is 9.61. The van der Waals surface area contributed by atoms with Gasteiger partial charge in [0.25, 0.3) is 5.91 Å². The number of carbonyl (C=O) groups excluding carboxylic acids is 2. The highest BCUT2D eigenvalue weighted by Gasteiger charge is 2.44. The molecule has 2 fully saturated rings. The minimum Gasteiger partial charge on any atom is -0.487 e. The number of benzene rings is 2. The average Bonchev–Trinajstić information content (AvgIpc) is 2.81. The molecular weight excluding hydrogens is 416 g/mol. The highest BCUT2D eigenvalue weighted by atomic mass is 16.5. The molecule has 174 valence electrons. The number of nitrogens with one attached hydrogen (secondary N) is 1. The quantitative estimate of drug-likeness (QED) is 0.724. The van der Waals surface area contributed by atoms with E-state index in [2.05, 4.69) is 11.4 Å². The lowest BCUT2D eigenvalue weighted by atomic mass is 9.76. The Morgan fingerprint density at radius 1 is 1.03 bits per heavy atom. The van der Waals surface area contributed by atoms with Gasteiger partial charge in [-0.2, -0.15) is 0 Å². The van der Waals surface area contributed by atoms with Crippen molar-refractivity contribution in [2.75, 3.05) is 19.7 Å². The molecule has 2 amide bonds. The van der Waals surface area contributed by atoms with Crippen LogP contribution < -0.4 is 14.8 Å². The molecule has 2 aliphatic heterocycles. The zero-order valence-corrected chi connectivity index (χ0v) is 19.0. The van der Waals surface area contributed by atoms with Crippen LogP contribution in [0.3, 0.4) is 0 Å². The molecule has 5 rings (SSSR count). The number of hydrogen-bond donors (Lipinski definition) is 1. The van der Waals surface area contributed by atoms with Gasteiger partial charge in [0.05, 0.1) is 0 Å². The molecule has 0 radical (unpaired) electrons. The van der Waals surface area contributed by atoms with E-state index in [9.17, 15) is 9.59 Å². The number of amides is 2. The molecule has 0 unspecified atom stereocenters. The van der Waals surface area contributed by atoms with Crippen molar-refractivity contribution in [1.29, 1.82) is 0 Å².